The van der Waals surface area contributed by atoms with E-state index in [-0.39, 0.29) is 21.1 Å². The van der Waals surface area contributed by atoms with Gasteiger partial charge in [0.2, 0.25) is 0 Å². The normalized spacial score (nSPS) is 10.9. The van der Waals surface area contributed by atoms with E-state index in [4.69, 9.17) is 0 Å². The second-order valence-electron chi connectivity index (χ2n) is 1.83. The second-order valence-corrected chi connectivity index (χ2v) is 1.83. The van der Waals surface area contributed by atoms with Crippen LogP contribution in [0.2, 0.25) is 0 Å². The number of aryl methyl sites for hydroxylation is 1. The molecule has 0 aliphatic rings. The molecule has 0 atom stereocenters. The fourth-order valence-corrected chi connectivity index (χ4v) is 0.590. The van der Waals surface area contributed by atoms with Gasteiger partial charge in [-0.25, -0.2) is 0 Å². The molecule has 0 radical (unpaired) electrons. The average Bonchev–Trinajstić information content (AvgIpc) is 1.88. The zero-order valence-corrected chi connectivity index (χ0v) is 9.39. The van der Waals surface area contributed by atoms with Crippen molar-refractivity contribution in [3.05, 3.63) is 17.8 Å². The van der Waals surface area contributed by atoms with E-state index in [9.17, 15) is 0 Å². The standard InChI is InChI=1S/C6H9N4.W/c1-3-7-6-9-4-8-5(2)10-6;/h3H2,1-2H3,(H,7,8,9,10);/q-1;. The minimum absolute atomic E-state index is 0. The van der Waals surface area contributed by atoms with Crippen LogP contribution in [0.15, 0.2) is 4.99 Å². The Kier molecular flexibility index (Phi) is 4.95. The summed E-state index contributed by atoms with van der Waals surface area (Å²) >= 11 is 0. The summed E-state index contributed by atoms with van der Waals surface area (Å²) in [4.78, 5) is 14.5. The van der Waals surface area contributed by atoms with Crippen molar-refractivity contribution in [1.82, 2.24) is 15.0 Å². The van der Waals surface area contributed by atoms with Gasteiger partial charge in [0, 0.05) is 33.9 Å². The van der Waals surface area contributed by atoms with E-state index < -0.39 is 0 Å². The first-order valence-corrected chi connectivity index (χ1v) is 3.14. The number of rotatable bonds is 1. The maximum atomic E-state index is 4.03. The first-order chi connectivity index (χ1) is 4.83. The molecule has 60 valence electrons. The van der Waals surface area contributed by atoms with Crippen LogP contribution in [0.3, 0.4) is 0 Å². The van der Waals surface area contributed by atoms with Crippen LogP contribution in [-0.4, -0.2) is 21.5 Å². The summed E-state index contributed by atoms with van der Waals surface area (Å²) in [7, 11) is 0. The molecule has 0 saturated carbocycles. The monoisotopic (exact) mass is 321 g/mol. The van der Waals surface area contributed by atoms with E-state index in [1.54, 1.807) is 0 Å². The van der Waals surface area contributed by atoms with Gasteiger partial charge in [0.15, 0.2) is 0 Å². The van der Waals surface area contributed by atoms with Crippen molar-refractivity contribution in [3.63, 3.8) is 0 Å². The van der Waals surface area contributed by atoms with Crippen molar-refractivity contribution in [2.24, 2.45) is 4.99 Å². The summed E-state index contributed by atoms with van der Waals surface area (Å²) in [5, 5.41) is 0. The van der Waals surface area contributed by atoms with E-state index in [2.05, 4.69) is 26.3 Å². The first-order valence-electron chi connectivity index (χ1n) is 3.14. The minimum Gasteiger partial charge on any atom is -0.419 e. The molecule has 11 heavy (non-hydrogen) atoms. The molecule has 0 amide bonds. The maximum Gasteiger partial charge on any atom is 0.109 e. The zero-order valence-electron chi connectivity index (χ0n) is 6.46. The largest absolute Gasteiger partial charge is 0.419 e. The number of aromatic nitrogens is 3. The van der Waals surface area contributed by atoms with Crippen LogP contribution >= 0.6 is 0 Å². The van der Waals surface area contributed by atoms with Crippen LogP contribution in [0, 0.1) is 13.3 Å². The van der Waals surface area contributed by atoms with Gasteiger partial charge in [-0.05, 0) is 12.7 Å². The average molecular weight is 321 g/mol. The third-order valence-corrected chi connectivity index (χ3v) is 0.974. The van der Waals surface area contributed by atoms with Crippen molar-refractivity contribution in [2.45, 2.75) is 13.8 Å². The molecule has 1 heterocycles. The zero-order chi connectivity index (χ0) is 7.40. The van der Waals surface area contributed by atoms with Gasteiger partial charge in [-0.2, -0.15) is 0 Å². The molecule has 0 saturated heterocycles. The maximum absolute atomic E-state index is 4.03. The molecule has 1 aromatic rings. The molecule has 0 bridgehead atoms. The number of hydrogen-bond acceptors (Lipinski definition) is 3. The van der Waals surface area contributed by atoms with Gasteiger partial charge >= 0.3 is 0 Å². The van der Waals surface area contributed by atoms with Gasteiger partial charge < -0.3 is 19.9 Å². The van der Waals surface area contributed by atoms with Crippen molar-refractivity contribution < 1.29 is 21.1 Å². The summed E-state index contributed by atoms with van der Waals surface area (Å²) in [5.41, 5.74) is 0.593. The molecule has 4 nitrogen and oxygen atoms in total. The first kappa shape index (κ1) is 10.5. The topological polar surface area (TPSA) is 53.9 Å². The minimum atomic E-state index is 0. The number of aromatic amines is 1. The van der Waals surface area contributed by atoms with Crippen molar-refractivity contribution in [3.8, 4) is 0 Å². The predicted octanol–water partition coefficient (Wildman–Crippen LogP) is -0.169. The summed E-state index contributed by atoms with van der Waals surface area (Å²) in [6, 6.07) is 0. The van der Waals surface area contributed by atoms with Gasteiger partial charge in [0.05, 0.1) is 0 Å². The van der Waals surface area contributed by atoms with Crippen molar-refractivity contribution >= 4 is 0 Å². The van der Waals surface area contributed by atoms with Crippen LogP contribution < -0.4 is 5.62 Å². The Hall–Kier alpha value is -0.502. The van der Waals surface area contributed by atoms with Crippen molar-refractivity contribution in [2.75, 3.05) is 6.54 Å². The quantitative estimate of drug-likeness (QED) is 0.731. The van der Waals surface area contributed by atoms with Crippen LogP contribution in [0.5, 0.6) is 0 Å². The predicted molar refractivity (Wildman–Crippen MR) is 36.1 cm³/mol. The molecule has 0 aliphatic carbocycles. The summed E-state index contributed by atoms with van der Waals surface area (Å²) in [6.45, 7) is 4.51. The third kappa shape index (κ3) is 3.42. The smallest absolute Gasteiger partial charge is 0.109 e. The van der Waals surface area contributed by atoms with Crippen molar-refractivity contribution in [1.29, 1.82) is 0 Å². The van der Waals surface area contributed by atoms with E-state index in [0.29, 0.717) is 5.62 Å². The SMILES string of the molecule is CCN=c1n[c-]nc(C)[nH]1.[W]. The molecule has 0 aliphatic heterocycles. The van der Waals surface area contributed by atoms with E-state index in [1.807, 2.05) is 13.8 Å². The summed E-state index contributed by atoms with van der Waals surface area (Å²) < 4.78 is 0. The molecular weight excluding hydrogens is 312 g/mol. The number of nitrogens with zero attached hydrogens (tertiary/aromatic N) is 3. The fourth-order valence-electron chi connectivity index (χ4n) is 0.590. The van der Waals surface area contributed by atoms with E-state index in [0.717, 1.165) is 12.4 Å². The molecule has 0 fully saturated rings. The molecule has 1 aromatic heterocycles. The van der Waals surface area contributed by atoms with E-state index in [1.165, 1.54) is 0 Å². The van der Waals surface area contributed by atoms with Crippen LogP contribution in [0.25, 0.3) is 0 Å². The Labute approximate surface area is 79.5 Å². The molecule has 1 N–H and O–H groups in total. The molecule has 0 aromatic carbocycles. The summed E-state index contributed by atoms with van der Waals surface area (Å²) in [5.74, 6) is 0.780. The Morgan fingerprint density at radius 3 is 2.82 bits per heavy atom. The van der Waals surface area contributed by atoms with Crippen LogP contribution in [-0.2, 0) is 21.1 Å². The molecule has 0 unspecified atom stereocenters. The Balaban J connectivity index is 0.000001000. The second kappa shape index (κ2) is 5.19. The van der Waals surface area contributed by atoms with Gasteiger partial charge in [-0.15, -0.1) is 0 Å². The third-order valence-electron chi connectivity index (χ3n) is 0.974. The summed E-state index contributed by atoms with van der Waals surface area (Å²) in [6.07, 6.45) is 2.49. The Bertz CT molecular complexity index is 267. The van der Waals surface area contributed by atoms with E-state index >= 15 is 0 Å². The van der Waals surface area contributed by atoms with Crippen LogP contribution in [0.4, 0.5) is 0 Å². The van der Waals surface area contributed by atoms with Gasteiger partial charge in [0.25, 0.3) is 0 Å². The Morgan fingerprint density at radius 2 is 2.27 bits per heavy atom. The Morgan fingerprint density at radius 1 is 1.55 bits per heavy atom. The molecular formula is C6H9N4W-. The van der Waals surface area contributed by atoms with Gasteiger partial charge in [-0.1, -0.05) is 6.92 Å². The molecule has 0 spiro atoms. The van der Waals surface area contributed by atoms with Gasteiger partial charge in [-0.3, -0.25) is 0 Å². The molecule has 1 rings (SSSR count). The number of hydrogen-bond donors (Lipinski definition) is 1. The van der Waals surface area contributed by atoms with Gasteiger partial charge in [0.1, 0.15) is 5.62 Å². The molecule has 5 heteroatoms. The number of nitrogens with one attached hydrogen (secondary N) is 1. The number of H-pyrrole nitrogens is 1. The van der Waals surface area contributed by atoms with Crippen LogP contribution in [0.1, 0.15) is 12.7 Å². The fraction of sp³-hybridized carbons (Fsp3) is 0.500.